The number of hydrogen-bond acceptors (Lipinski definition) is 2. The minimum Gasteiger partial charge on any atom is -0.480 e. The quantitative estimate of drug-likeness (QED) is 0.886. The van der Waals surface area contributed by atoms with Crippen molar-refractivity contribution in [3.8, 4) is 0 Å². The van der Waals surface area contributed by atoms with Crippen molar-refractivity contribution in [1.29, 1.82) is 0 Å². The molecule has 0 saturated heterocycles. The highest BCUT2D eigenvalue weighted by Gasteiger charge is 2.30. The number of nitrogens with one attached hydrogen (secondary N) is 1. The van der Waals surface area contributed by atoms with Gasteiger partial charge < -0.3 is 10.4 Å². The number of fused-ring (bicyclic) bond motifs is 1. The number of aliphatic carboxylic acids is 1. The van der Waals surface area contributed by atoms with E-state index in [0.717, 1.165) is 17.7 Å². The zero-order chi connectivity index (χ0) is 14.7. The number of amides is 2. The Balaban J connectivity index is 2.11. The molecule has 0 spiro atoms. The van der Waals surface area contributed by atoms with Gasteiger partial charge in [-0.25, -0.2) is 9.59 Å². The van der Waals surface area contributed by atoms with Crippen LogP contribution in [0.5, 0.6) is 0 Å². The lowest BCUT2D eigenvalue weighted by atomic mass is 9.99. The second-order valence-electron chi connectivity index (χ2n) is 5.18. The predicted octanol–water partition coefficient (Wildman–Crippen LogP) is 2.26. The van der Waals surface area contributed by atoms with Gasteiger partial charge in [0.05, 0.1) is 0 Å². The molecule has 0 aliphatic carbocycles. The average molecular weight is 276 g/mol. The molecule has 1 aliphatic rings. The van der Waals surface area contributed by atoms with Gasteiger partial charge in [-0.05, 0) is 24.0 Å². The summed E-state index contributed by atoms with van der Waals surface area (Å²) in [4.78, 5) is 25.2. The molecule has 5 heteroatoms. The predicted molar refractivity (Wildman–Crippen MR) is 76.9 cm³/mol. The molecule has 0 radical (unpaired) electrons. The van der Waals surface area contributed by atoms with Crippen molar-refractivity contribution in [1.82, 2.24) is 5.32 Å². The normalized spacial score (nSPS) is 16.4. The smallest absolute Gasteiger partial charge is 0.326 e. The van der Waals surface area contributed by atoms with Crippen molar-refractivity contribution in [3.05, 3.63) is 29.8 Å². The number of carboxylic acid groups (broad SMARTS) is 1. The third-order valence-corrected chi connectivity index (χ3v) is 3.89. The molecule has 2 amide bonds. The van der Waals surface area contributed by atoms with Crippen LogP contribution in [0.4, 0.5) is 10.5 Å². The summed E-state index contributed by atoms with van der Waals surface area (Å²) >= 11 is 0. The number of rotatable bonds is 4. The van der Waals surface area contributed by atoms with Crippen LogP contribution >= 0.6 is 0 Å². The third-order valence-electron chi connectivity index (χ3n) is 3.89. The van der Waals surface area contributed by atoms with Crippen molar-refractivity contribution in [3.63, 3.8) is 0 Å². The number of carbonyl (C=O) groups is 2. The highest BCUT2D eigenvalue weighted by molar-refractivity contribution is 5.96. The number of urea groups is 1. The SMILES string of the molecule is CCC(C)[C@H](NC(=O)N1CCc2ccccc21)C(=O)O. The Kier molecular flexibility index (Phi) is 4.27. The largest absolute Gasteiger partial charge is 0.480 e. The van der Waals surface area contributed by atoms with Gasteiger partial charge in [-0.1, -0.05) is 38.5 Å². The molecule has 2 N–H and O–H groups in total. The summed E-state index contributed by atoms with van der Waals surface area (Å²) in [5, 5.41) is 11.9. The molecule has 1 aliphatic heterocycles. The van der Waals surface area contributed by atoms with Crippen LogP contribution in [0.1, 0.15) is 25.8 Å². The van der Waals surface area contributed by atoms with E-state index in [4.69, 9.17) is 0 Å². The molecule has 1 aromatic carbocycles. The van der Waals surface area contributed by atoms with Gasteiger partial charge in [0, 0.05) is 12.2 Å². The Morgan fingerprint density at radius 3 is 2.75 bits per heavy atom. The van der Waals surface area contributed by atoms with Gasteiger partial charge in [0.2, 0.25) is 0 Å². The van der Waals surface area contributed by atoms with Crippen molar-refractivity contribution >= 4 is 17.7 Å². The van der Waals surface area contributed by atoms with Gasteiger partial charge in [0.1, 0.15) is 6.04 Å². The highest BCUT2D eigenvalue weighted by atomic mass is 16.4. The number of carboxylic acids is 1. The van der Waals surface area contributed by atoms with Crippen LogP contribution in [0.15, 0.2) is 24.3 Å². The molecular formula is C15H20N2O3. The van der Waals surface area contributed by atoms with Crippen LogP contribution < -0.4 is 10.2 Å². The standard InChI is InChI=1S/C15H20N2O3/c1-3-10(2)13(14(18)19)16-15(20)17-9-8-11-6-4-5-7-12(11)17/h4-7,10,13H,3,8-9H2,1-2H3,(H,16,20)(H,18,19)/t10?,13-/m0/s1. The van der Waals surface area contributed by atoms with Gasteiger partial charge in [-0.2, -0.15) is 0 Å². The van der Waals surface area contributed by atoms with E-state index in [0.29, 0.717) is 13.0 Å². The molecule has 0 fully saturated rings. The van der Waals surface area contributed by atoms with Crippen LogP contribution in [-0.2, 0) is 11.2 Å². The average Bonchev–Trinajstić information content (AvgIpc) is 2.87. The first-order chi connectivity index (χ1) is 9.54. The summed E-state index contributed by atoms with van der Waals surface area (Å²) in [5.74, 6) is -1.09. The Morgan fingerprint density at radius 2 is 2.10 bits per heavy atom. The number of hydrogen-bond donors (Lipinski definition) is 2. The lowest BCUT2D eigenvalue weighted by molar-refractivity contribution is -0.140. The first kappa shape index (κ1) is 14.4. The topological polar surface area (TPSA) is 69.6 Å². The Labute approximate surface area is 118 Å². The second kappa shape index (κ2) is 5.94. The second-order valence-corrected chi connectivity index (χ2v) is 5.18. The third kappa shape index (κ3) is 2.76. The maximum atomic E-state index is 12.3. The summed E-state index contributed by atoms with van der Waals surface area (Å²) in [6.45, 7) is 4.34. The molecule has 2 rings (SSSR count). The maximum Gasteiger partial charge on any atom is 0.326 e. The minimum atomic E-state index is -0.986. The summed E-state index contributed by atoms with van der Waals surface area (Å²) in [5.41, 5.74) is 2.00. The molecule has 1 heterocycles. The van der Waals surface area contributed by atoms with Gasteiger partial charge in [-0.15, -0.1) is 0 Å². The molecule has 0 saturated carbocycles. The minimum absolute atomic E-state index is 0.103. The van der Waals surface area contributed by atoms with Crippen LogP contribution in [-0.4, -0.2) is 29.7 Å². The first-order valence-corrected chi connectivity index (χ1v) is 6.93. The fraction of sp³-hybridized carbons (Fsp3) is 0.467. The zero-order valence-electron chi connectivity index (χ0n) is 11.8. The van der Waals surface area contributed by atoms with Crippen LogP contribution in [0.2, 0.25) is 0 Å². The molecule has 1 unspecified atom stereocenters. The molecule has 20 heavy (non-hydrogen) atoms. The van der Waals surface area contributed by atoms with Crippen molar-refractivity contribution in [2.75, 3.05) is 11.4 Å². The molecular weight excluding hydrogens is 256 g/mol. The first-order valence-electron chi connectivity index (χ1n) is 6.93. The van der Waals surface area contributed by atoms with E-state index >= 15 is 0 Å². The van der Waals surface area contributed by atoms with Crippen molar-refractivity contribution in [2.45, 2.75) is 32.7 Å². The summed E-state index contributed by atoms with van der Waals surface area (Å²) < 4.78 is 0. The Bertz CT molecular complexity index is 516. The van der Waals surface area contributed by atoms with E-state index in [-0.39, 0.29) is 11.9 Å². The van der Waals surface area contributed by atoms with E-state index in [1.165, 1.54) is 0 Å². The van der Waals surface area contributed by atoms with Crippen molar-refractivity contribution < 1.29 is 14.7 Å². The van der Waals surface area contributed by atoms with Crippen LogP contribution in [0.3, 0.4) is 0 Å². The summed E-state index contributed by atoms with van der Waals surface area (Å²) in [7, 11) is 0. The fourth-order valence-corrected chi connectivity index (χ4v) is 2.44. The summed E-state index contributed by atoms with van der Waals surface area (Å²) in [6, 6.07) is 6.53. The number of para-hydroxylation sites is 1. The molecule has 1 aromatic rings. The van der Waals surface area contributed by atoms with Crippen molar-refractivity contribution in [2.24, 2.45) is 5.92 Å². The summed E-state index contributed by atoms with van der Waals surface area (Å²) in [6.07, 6.45) is 1.51. The number of carbonyl (C=O) groups excluding carboxylic acids is 1. The van der Waals surface area contributed by atoms with E-state index in [1.807, 2.05) is 38.1 Å². The number of anilines is 1. The van der Waals surface area contributed by atoms with E-state index in [1.54, 1.807) is 4.90 Å². The lowest BCUT2D eigenvalue weighted by Crippen LogP contribution is -2.50. The Hall–Kier alpha value is -2.04. The van der Waals surface area contributed by atoms with E-state index in [2.05, 4.69) is 5.32 Å². The maximum absolute atomic E-state index is 12.3. The fourth-order valence-electron chi connectivity index (χ4n) is 2.44. The zero-order valence-corrected chi connectivity index (χ0v) is 11.8. The van der Waals surface area contributed by atoms with Gasteiger partial charge >= 0.3 is 12.0 Å². The Morgan fingerprint density at radius 1 is 1.40 bits per heavy atom. The lowest BCUT2D eigenvalue weighted by Gasteiger charge is -2.24. The number of benzene rings is 1. The van der Waals surface area contributed by atoms with E-state index < -0.39 is 12.0 Å². The molecule has 2 atom stereocenters. The molecule has 108 valence electrons. The monoisotopic (exact) mass is 276 g/mol. The van der Waals surface area contributed by atoms with Crippen LogP contribution in [0, 0.1) is 5.92 Å². The van der Waals surface area contributed by atoms with Gasteiger partial charge in [0.15, 0.2) is 0 Å². The van der Waals surface area contributed by atoms with Gasteiger partial charge in [0.25, 0.3) is 0 Å². The van der Waals surface area contributed by atoms with Crippen LogP contribution in [0.25, 0.3) is 0 Å². The molecule has 0 aromatic heterocycles. The molecule has 0 bridgehead atoms. The van der Waals surface area contributed by atoms with Gasteiger partial charge in [-0.3, -0.25) is 4.90 Å². The van der Waals surface area contributed by atoms with E-state index in [9.17, 15) is 14.7 Å². The highest BCUT2D eigenvalue weighted by Crippen LogP contribution is 2.27. The number of nitrogens with zero attached hydrogens (tertiary/aromatic N) is 1. The molecule has 5 nitrogen and oxygen atoms in total.